The molecule has 0 spiro atoms. The van der Waals surface area contributed by atoms with Crippen LogP contribution in [0.3, 0.4) is 0 Å². The molecule has 1 heterocycles. The highest BCUT2D eigenvalue weighted by Gasteiger charge is 2.08. The molecule has 2 heteroatoms. The predicted molar refractivity (Wildman–Crippen MR) is 58.8 cm³/mol. The molecule has 0 amide bonds. The zero-order valence-corrected chi connectivity index (χ0v) is 8.75. The van der Waals surface area contributed by atoms with Gasteiger partial charge in [-0.3, -0.25) is 10.3 Å². The molecular weight excluding hydrogens is 172 g/mol. The first-order chi connectivity index (χ1) is 6.79. The largest absolute Gasteiger partial charge is 0.300 e. The van der Waals surface area contributed by atoms with Crippen LogP contribution >= 0.6 is 0 Å². The van der Waals surface area contributed by atoms with E-state index in [1.165, 1.54) is 0 Å². The van der Waals surface area contributed by atoms with Crippen molar-refractivity contribution in [3.63, 3.8) is 0 Å². The molecule has 1 unspecified atom stereocenters. The second-order valence-electron chi connectivity index (χ2n) is 3.29. The smallest absolute Gasteiger partial charge is 0.0946 e. The van der Waals surface area contributed by atoms with Crippen molar-refractivity contribution in [1.82, 2.24) is 10.3 Å². The Morgan fingerprint density at radius 1 is 1.64 bits per heavy atom. The lowest BCUT2D eigenvalue weighted by Gasteiger charge is -2.14. The maximum Gasteiger partial charge on any atom is 0.0946 e. The third kappa shape index (κ3) is 2.58. The second-order valence-corrected chi connectivity index (χ2v) is 3.29. The van der Waals surface area contributed by atoms with Gasteiger partial charge in [-0.2, -0.15) is 0 Å². The molecule has 0 saturated carbocycles. The minimum atomic E-state index is 0.0120. The molecule has 0 bridgehead atoms. The molecule has 0 aliphatic rings. The molecule has 1 N–H and O–H groups in total. The van der Waals surface area contributed by atoms with E-state index in [0.717, 1.165) is 24.1 Å². The van der Waals surface area contributed by atoms with Crippen molar-refractivity contribution in [1.29, 1.82) is 0 Å². The minimum absolute atomic E-state index is 0.0120. The number of nitrogens with one attached hydrogen (secondary N) is 1. The van der Waals surface area contributed by atoms with E-state index in [2.05, 4.69) is 23.1 Å². The van der Waals surface area contributed by atoms with E-state index >= 15 is 0 Å². The number of pyridine rings is 1. The Kier molecular flexibility index (Phi) is 4.15. The molecule has 0 aliphatic carbocycles. The van der Waals surface area contributed by atoms with Gasteiger partial charge in [-0.15, -0.1) is 6.42 Å². The molecule has 0 aliphatic heterocycles. The molecule has 0 fully saturated rings. The molecule has 0 saturated heterocycles. The van der Waals surface area contributed by atoms with Crippen LogP contribution < -0.4 is 5.32 Å². The molecule has 0 aromatic carbocycles. The van der Waals surface area contributed by atoms with Crippen molar-refractivity contribution in [2.24, 2.45) is 0 Å². The Bertz CT molecular complexity index is 325. The van der Waals surface area contributed by atoms with E-state index in [4.69, 9.17) is 6.42 Å². The van der Waals surface area contributed by atoms with E-state index < -0.39 is 0 Å². The monoisotopic (exact) mass is 188 g/mol. The number of terminal acetylenes is 1. The Morgan fingerprint density at radius 3 is 3.00 bits per heavy atom. The van der Waals surface area contributed by atoms with Gasteiger partial charge >= 0.3 is 0 Å². The number of nitrogens with zero attached hydrogens (tertiary/aromatic N) is 1. The van der Waals surface area contributed by atoms with Crippen LogP contribution in [0.5, 0.6) is 0 Å². The van der Waals surface area contributed by atoms with Gasteiger partial charge in [0.15, 0.2) is 0 Å². The lowest BCUT2D eigenvalue weighted by molar-refractivity contribution is 0.623. The van der Waals surface area contributed by atoms with Gasteiger partial charge in [0.2, 0.25) is 0 Å². The summed E-state index contributed by atoms with van der Waals surface area (Å²) in [5.74, 6) is 2.76. The zero-order valence-electron chi connectivity index (χ0n) is 8.75. The van der Waals surface area contributed by atoms with Gasteiger partial charge in [0.05, 0.1) is 6.04 Å². The van der Waals surface area contributed by atoms with Crippen LogP contribution in [-0.4, -0.2) is 11.5 Å². The molecule has 0 radical (unpaired) electrons. The highest BCUT2D eigenvalue weighted by atomic mass is 14.9. The topological polar surface area (TPSA) is 24.9 Å². The molecular formula is C12H16N2. The van der Waals surface area contributed by atoms with Crippen molar-refractivity contribution in [2.75, 3.05) is 6.54 Å². The first kappa shape index (κ1) is 10.7. The van der Waals surface area contributed by atoms with Crippen LogP contribution in [0.2, 0.25) is 0 Å². The summed E-state index contributed by atoms with van der Waals surface area (Å²) in [6.07, 6.45) is 10.2. The fourth-order valence-electron chi connectivity index (χ4n) is 1.36. The minimum Gasteiger partial charge on any atom is -0.300 e. The lowest BCUT2D eigenvalue weighted by Crippen LogP contribution is -2.21. The highest BCUT2D eigenvalue weighted by molar-refractivity contribution is 5.30. The fourth-order valence-corrected chi connectivity index (χ4v) is 1.36. The van der Waals surface area contributed by atoms with Gasteiger partial charge < -0.3 is 0 Å². The van der Waals surface area contributed by atoms with Crippen molar-refractivity contribution in [3.05, 3.63) is 29.6 Å². The lowest BCUT2D eigenvalue weighted by atomic mass is 10.0. The van der Waals surface area contributed by atoms with Crippen LogP contribution in [0.4, 0.5) is 0 Å². The number of aromatic nitrogens is 1. The SMILES string of the molecule is C#CC(NCCC)c1ccncc1C. The number of aryl methyl sites for hydroxylation is 1. The van der Waals surface area contributed by atoms with Gasteiger partial charge in [0.1, 0.15) is 0 Å². The number of rotatable bonds is 4. The maximum absolute atomic E-state index is 5.48. The summed E-state index contributed by atoms with van der Waals surface area (Å²) in [4.78, 5) is 4.05. The van der Waals surface area contributed by atoms with Crippen LogP contribution in [-0.2, 0) is 0 Å². The Balaban J connectivity index is 2.80. The summed E-state index contributed by atoms with van der Waals surface area (Å²) in [6, 6.07) is 1.99. The zero-order chi connectivity index (χ0) is 10.4. The summed E-state index contributed by atoms with van der Waals surface area (Å²) in [6.45, 7) is 5.09. The molecule has 1 aromatic heterocycles. The number of hydrogen-bond donors (Lipinski definition) is 1. The highest BCUT2D eigenvalue weighted by Crippen LogP contribution is 2.15. The average Bonchev–Trinajstić information content (AvgIpc) is 2.21. The van der Waals surface area contributed by atoms with Crippen molar-refractivity contribution >= 4 is 0 Å². The van der Waals surface area contributed by atoms with E-state index in [9.17, 15) is 0 Å². The maximum atomic E-state index is 5.48. The van der Waals surface area contributed by atoms with Crippen LogP contribution in [0, 0.1) is 19.3 Å². The number of hydrogen-bond acceptors (Lipinski definition) is 2. The van der Waals surface area contributed by atoms with Crippen LogP contribution in [0.15, 0.2) is 18.5 Å². The molecule has 1 atom stereocenters. The van der Waals surface area contributed by atoms with E-state index in [1.807, 2.05) is 19.2 Å². The van der Waals surface area contributed by atoms with Gasteiger partial charge in [0.25, 0.3) is 0 Å². The second kappa shape index (κ2) is 5.41. The molecule has 1 rings (SSSR count). The Hall–Kier alpha value is -1.33. The Labute approximate surface area is 85.8 Å². The third-order valence-electron chi connectivity index (χ3n) is 2.14. The third-order valence-corrected chi connectivity index (χ3v) is 2.14. The molecule has 1 aromatic rings. The summed E-state index contributed by atoms with van der Waals surface area (Å²) >= 11 is 0. The summed E-state index contributed by atoms with van der Waals surface area (Å²) in [5, 5.41) is 3.31. The molecule has 14 heavy (non-hydrogen) atoms. The quantitative estimate of drug-likeness (QED) is 0.732. The predicted octanol–water partition coefficient (Wildman–Crippen LogP) is 2.06. The van der Waals surface area contributed by atoms with E-state index in [-0.39, 0.29) is 6.04 Å². The van der Waals surface area contributed by atoms with Gasteiger partial charge in [0, 0.05) is 12.4 Å². The first-order valence-electron chi connectivity index (χ1n) is 4.89. The summed E-state index contributed by atoms with van der Waals surface area (Å²) in [7, 11) is 0. The van der Waals surface area contributed by atoms with Crippen LogP contribution in [0.25, 0.3) is 0 Å². The van der Waals surface area contributed by atoms with Crippen molar-refractivity contribution in [3.8, 4) is 12.3 Å². The van der Waals surface area contributed by atoms with Crippen LogP contribution in [0.1, 0.15) is 30.5 Å². The fraction of sp³-hybridized carbons (Fsp3) is 0.417. The average molecular weight is 188 g/mol. The van der Waals surface area contributed by atoms with Gasteiger partial charge in [-0.25, -0.2) is 0 Å². The van der Waals surface area contributed by atoms with E-state index in [1.54, 1.807) is 6.20 Å². The Morgan fingerprint density at radius 2 is 2.43 bits per heavy atom. The standard InChI is InChI=1S/C12H16N2/c1-4-7-14-12(5-2)11-6-8-13-9-10(11)3/h2,6,8-9,12,14H,4,7H2,1,3H3. The molecule has 2 nitrogen and oxygen atoms in total. The van der Waals surface area contributed by atoms with Gasteiger partial charge in [-0.05, 0) is 37.1 Å². The van der Waals surface area contributed by atoms with Crippen molar-refractivity contribution < 1.29 is 0 Å². The van der Waals surface area contributed by atoms with E-state index in [0.29, 0.717) is 0 Å². The normalized spacial score (nSPS) is 12.1. The molecule has 74 valence electrons. The summed E-state index contributed by atoms with van der Waals surface area (Å²) < 4.78 is 0. The van der Waals surface area contributed by atoms with Crippen molar-refractivity contribution in [2.45, 2.75) is 26.3 Å². The first-order valence-corrected chi connectivity index (χ1v) is 4.89. The van der Waals surface area contributed by atoms with Gasteiger partial charge in [-0.1, -0.05) is 12.8 Å². The summed E-state index contributed by atoms with van der Waals surface area (Å²) in [5.41, 5.74) is 2.29.